The van der Waals surface area contributed by atoms with Crippen molar-refractivity contribution in [1.82, 2.24) is 9.13 Å². The van der Waals surface area contributed by atoms with E-state index in [0.717, 1.165) is 66.1 Å². The lowest BCUT2D eigenvalue weighted by Crippen LogP contribution is -1.96. The molecule has 8 rings (SSSR count). The molecule has 194 valence electrons. The lowest BCUT2D eigenvalue weighted by Gasteiger charge is -2.13. The molecule has 4 nitrogen and oxygen atoms in total. The van der Waals surface area contributed by atoms with E-state index in [-0.39, 0.29) is 0 Å². The fourth-order valence-electron chi connectivity index (χ4n) is 6.28. The maximum absolute atomic E-state index is 9.52. The molecule has 0 aliphatic carbocycles. The standard InChI is InChI=1S/C38H22N4/c1-40-28-17-19-38-34(23-28)32-13-3-5-15-36(32)42(38)30-11-7-9-27(22-30)26-8-6-10-29(21-26)41-35-14-4-2-12-31(35)33-20-25(24-39)16-18-37(33)41/h2-23H. The van der Waals surface area contributed by atoms with Gasteiger partial charge >= 0.3 is 0 Å². The molecule has 0 unspecified atom stereocenters. The Morgan fingerprint density at radius 2 is 1.02 bits per heavy atom. The average molecular weight is 535 g/mol. The summed E-state index contributed by atoms with van der Waals surface area (Å²) in [7, 11) is 0. The molecular formula is C38H22N4. The molecule has 6 aromatic carbocycles. The van der Waals surface area contributed by atoms with Gasteiger partial charge < -0.3 is 9.13 Å². The smallest absolute Gasteiger partial charge is 0.188 e. The van der Waals surface area contributed by atoms with Crippen molar-refractivity contribution >= 4 is 49.3 Å². The van der Waals surface area contributed by atoms with Crippen LogP contribution >= 0.6 is 0 Å². The number of rotatable bonds is 3. The van der Waals surface area contributed by atoms with Gasteiger partial charge in [0.2, 0.25) is 0 Å². The molecule has 2 aromatic heterocycles. The molecule has 0 spiro atoms. The minimum atomic E-state index is 0.643. The van der Waals surface area contributed by atoms with Crippen LogP contribution in [-0.4, -0.2) is 9.13 Å². The van der Waals surface area contributed by atoms with Gasteiger partial charge in [-0.1, -0.05) is 66.7 Å². The van der Waals surface area contributed by atoms with Crippen molar-refractivity contribution in [2.75, 3.05) is 0 Å². The maximum Gasteiger partial charge on any atom is 0.188 e. The number of benzene rings is 6. The summed E-state index contributed by atoms with van der Waals surface area (Å²) in [4.78, 5) is 3.66. The summed E-state index contributed by atoms with van der Waals surface area (Å²) in [6.07, 6.45) is 0. The van der Waals surface area contributed by atoms with E-state index in [0.29, 0.717) is 11.3 Å². The van der Waals surface area contributed by atoms with Crippen molar-refractivity contribution in [2.45, 2.75) is 0 Å². The molecule has 8 aromatic rings. The third-order valence-corrected chi connectivity index (χ3v) is 8.13. The number of aromatic nitrogens is 2. The predicted molar refractivity (Wildman–Crippen MR) is 172 cm³/mol. The molecule has 0 amide bonds. The first kappa shape index (κ1) is 23.8. The predicted octanol–water partition coefficient (Wildman–Crippen LogP) is 9.97. The van der Waals surface area contributed by atoms with E-state index >= 15 is 0 Å². The second-order valence-corrected chi connectivity index (χ2v) is 10.5. The summed E-state index contributed by atoms with van der Waals surface area (Å²) in [5.74, 6) is 0. The van der Waals surface area contributed by atoms with Gasteiger partial charge in [0.15, 0.2) is 5.69 Å². The van der Waals surface area contributed by atoms with Gasteiger partial charge in [-0.3, -0.25) is 0 Å². The summed E-state index contributed by atoms with van der Waals surface area (Å²) >= 11 is 0. The minimum Gasteiger partial charge on any atom is -0.309 e. The minimum absolute atomic E-state index is 0.643. The third-order valence-electron chi connectivity index (χ3n) is 8.13. The Kier molecular flexibility index (Phi) is 5.22. The summed E-state index contributed by atoms with van der Waals surface area (Å²) in [6.45, 7) is 7.50. The Hall–Kier alpha value is -6.10. The van der Waals surface area contributed by atoms with E-state index in [1.807, 2.05) is 42.5 Å². The van der Waals surface area contributed by atoms with Gasteiger partial charge in [0.25, 0.3) is 0 Å². The van der Waals surface area contributed by atoms with Crippen molar-refractivity contribution in [1.29, 1.82) is 5.26 Å². The number of fused-ring (bicyclic) bond motifs is 6. The number of hydrogen-bond donors (Lipinski definition) is 0. The zero-order valence-corrected chi connectivity index (χ0v) is 22.5. The molecule has 42 heavy (non-hydrogen) atoms. The number of nitrogens with zero attached hydrogens (tertiary/aromatic N) is 4. The van der Waals surface area contributed by atoms with Gasteiger partial charge in [0, 0.05) is 27.5 Å². The molecule has 2 heterocycles. The van der Waals surface area contributed by atoms with Gasteiger partial charge in [-0.05, 0) is 83.2 Å². The Labute approximate surface area is 242 Å². The van der Waals surface area contributed by atoms with Crippen LogP contribution in [0.4, 0.5) is 5.69 Å². The molecule has 0 aliphatic rings. The van der Waals surface area contributed by atoms with Gasteiger partial charge in [0.1, 0.15) is 0 Å². The quantitative estimate of drug-likeness (QED) is 0.208. The van der Waals surface area contributed by atoms with Crippen LogP contribution in [0, 0.1) is 17.9 Å². The van der Waals surface area contributed by atoms with Crippen LogP contribution in [0.3, 0.4) is 0 Å². The van der Waals surface area contributed by atoms with Crippen molar-refractivity contribution in [3.05, 3.63) is 150 Å². The van der Waals surface area contributed by atoms with E-state index in [1.165, 1.54) is 0 Å². The lowest BCUT2D eigenvalue weighted by molar-refractivity contribution is 1.17. The zero-order chi connectivity index (χ0) is 28.2. The number of hydrogen-bond acceptors (Lipinski definition) is 1. The lowest BCUT2D eigenvalue weighted by atomic mass is 10.0. The van der Waals surface area contributed by atoms with Crippen LogP contribution in [0.1, 0.15) is 5.56 Å². The monoisotopic (exact) mass is 534 g/mol. The fourth-order valence-corrected chi connectivity index (χ4v) is 6.28. The van der Waals surface area contributed by atoms with E-state index < -0.39 is 0 Å². The second kappa shape index (κ2) is 9.24. The van der Waals surface area contributed by atoms with E-state index in [9.17, 15) is 5.26 Å². The highest BCUT2D eigenvalue weighted by atomic mass is 15.0. The molecular weight excluding hydrogens is 512 g/mol. The van der Waals surface area contributed by atoms with E-state index in [4.69, 9.17) is 6.57 Å². The Balaban J connectivity index is 1.31. The Morgan fingerprint density at radius 1 is 0.500 bits per heavy atom. The van der Waals surface area contributed by atoms with Crippen LogP contribution in [-0.2, 0) is 0 Å². The van der Waals surface area contributed by atoms with Crippen LogP contribution in [0.5, 0.6) is 0 Å². The van der Waals surface area contributed by atoms with E-state index in [1.54, 1.807) is 0 Å². The van der Waals surface area contributed by atoms with Crippen molar-refractivity contribution in [3.8, 4) is 28.6 Å². The van der Waals surface area contributed by atoms with Crippen molar-refractivity contribution in [2.24, 2.45) is 0 Å². The third kappa shape index (κ3) is 3.53. The summed E-state index contributed by atoms with van der Waals surface area (Å²) in [5.41, 5.74) is 10.0. The largest absolute Gasteiger partial charge is 0.309 e. The molecule has 4 heteroatoms. The first-order chi connectivity index (χ1) is 20.7. The summed E-state index contributed by atoms with van der Waals surface area (Å²) in [6, 6.07) is 48.1. The SMILES string of the molecule is [C-]#[N+]c1ccc2c(c1)c1ccccc1n2-c1cccc(-c2cccc(-n3c4ccccc4c4cc(C#N)ccc43)c2)c1. The van der Waals surface area contributed by atoms with Crippen molar-refractivity contribution in [3.63, 3.8) is 0 Å². The van der Waals surface area contributed by atoms with Crippen LogP contribution < -0.4 is 0 Å². The topological polar surface area (TPSA) is 38.0 Å². The maximum atomic E-state index is 9.52. The van der Waals surface area contributed by atoms with Crippen LogP contribution in [0.25, 0.3) is 71.0 Å². The molecule has 0 N–H and O–H groups in total. The van der Waals surface area contributed by atoms with Gasteiger partial charge in [-0.25, -0.2) is 4.85 Å². The summed E-state index contributed by atoms with van der Waals surface area (Å²) in [5, 5.41) is 13.9. The van der Waals surface area contributed by atoms with Gasteiger partial charge in [0.05, 0.1) is 40.3 Å². The molecule has 0 fully saturated rings. The molecule has 0 bridgehead atoms. The molecule has 0 atom stereocenters. The molecule has 0 aliphatic heterocycles. The molecule has 0 saturated heterocycles. The first-order valence-corrected chi connectivity index (χ1v) is 13.8. The molecule has 0 saturated carbocycles. The fraction of sp³-hybridized carbons (Fsp3) is 0. The average Bonchev–Trinajstić information content (AvgIpc) is 3.57. The highest BCUT2D eigenvalue weighted by Gasteiger charge is 2.15. The van der Waals surface area contributed by atoms with Crippen LogP contribution in [0.2, 0.25) is 0 Å². The van der Waals surface area contributed by atoms with E-state index in [2.05, 4.69) is 111 Å². The highest BCUT2D eigenvalue weighted by molar-refractivity contribution is 6.11. The second-order valence-electron chi connectivity index (χ2n) is 10.5. The normalized spacial score (nSPS) is 11.3. The molecule has 0 radical (unpaired) electrons. The zero-order valence-electron chi connectivity index (χ0n) is 22.5. The summed E-state index contributed by atoms with van der Waals surface area (Å²) < 4.78 is 4.56. The van der Waals surface area contributed by atoms with Crippen LogP contribution in [0.15, 0.2) is 133 Å². The first-order valence-electron chi connectivity index (χ1n) is 13.8. The number of para-hydroxylation sites is 2. The van der Waals surface area contributed by atoms with Crippen molar-refractivity contribution < 1.29 is 0 Å². The van der Waals surface area contributed by atoms with Gasteiger partial charge in [-0.15, -0.1) is 0 Å². The Morgan fingerprint density at radius 3 is 1.60 bits per heavy atom. The number of nitriles is 1. The highest BCUT2D eigenvalue weighted by Crippen LogP contribution is 2.37. The van der Waals surface area contributed by atoms with Gasteiger partial charge in [-0.2, -0.15) is 5.26 Å². The Bertz CT molecular complexity index is 2270.